The van der Waals surface area contributed by atoms with Gasteiger partial charge in [0.2, 0.25) is 0 Å². The Balaban J connectivity index is 1.90. The molecule has 1 aliphatic rings. The van der Waals surface area contributed by atoms with Gasteiger partial charge >= 0.3 is 0 Å². The zero-order valence-corrected chi connectivity index (χ0v) is 10.8. The summed E-state index contributed by atoms with van der Waals surface area (Å²) in [5.74, 6) is -1.07. The highest BCUT2D eigenvalue weighted by molar-refractivity contribution is 7.99. The van der Waals surface area contributed by atoms with Crippen LogP contribution in [0.5, 0.6) is 0 Å². The maximum atomic E-state index is 11.5. The van der Waals surface area contributed by atoms with Gasteiger partial charge in [-0.25, -0.2) is 9.97 Å². The zero-order valence-electron chi connectivity index (χ0n) is 10.0. The second-order valence-electron chi connectivity index (χ2n) is 4.07. The monoisotopic (exact) mass is 271 g/mol. The van der Waals surface area contributed by atoms with Crippen molar-refractivity contribution in [3.05, 3.63) is 41.7 Å². The average molecular weight is 271 g/mol. The van der Waals surface area contributed by atoms with Crippen LogP contribution < -0.4 is 5.32 Å². The smallest absolute Gasteiger partial charge is 0.296 e. The highest BCUT2D eigenvalue weighted by Gasteiger charge is 2.27. The number of aryl methyl sites for hydroxylation is 1. The summed E-state index contributed by atoms with van der Waals surface area (Å²) in [5, 5.41) is 3.18. The number of Topliss-reactive ketones (excluding diaryl/α,β-unsaturated/α-hetero) is 1. The van der Waals surface area contributed by atoms with Crippen LogP contribution >= 0.6 is 11.8 Å². The Morgan fingerprint density at radius 3 is 2.84 bits per heavy atom. The lowest BCUT2D eigenvalue weighted by atomic mass is 10.1. The fourth-order valence-corrected chi connectivity index (χ4v) is 2.60. The third-order valence-electron chi connectivity index (χ3n) is 2.67. The first kappa shape index (κ1) is 11.9. The minimum absolute atomic E-state index is 0.416. The Kier molecular flexibility index (Phi) is 2.79. The summed E-state index contributed by atoms with van der Waals surface area (Å²) >= 11 is 1.39. The topological polar surface area (TPSA) is 72.0 Å². The number of benzene rings is 1. The predicted molar refractivity (Wildman–Crippen MR) is 70.3 cm³/mol. The van der Waals surface area contributed by atoms with Crippen molar-refractivity contribution < 1.29 is 9.59 Å². The molecule has 1 amide bonds. The summed E-state index contributed by atoms with van der Waals surface area (Å²) in [6.07, 6.45) is 1.70. The molecule has 1 aromatic carbocycles. The van der Waals surface area contributed by atoms with Gasteiger partial charge in [0.1, 0.15) is 0 Å². The second-order valence-corrected chi connectivity index (χ2v) is 5.11. The van der Waals surface area contributed by atoms with E-state index < -0.39 is 11.7 Å². The number of hydrogen-bond donors (Lipinski definition) is 1. The number of carbonyl (C=O) groups is 2. The molecule has 2 heterocycles. The van der Waals surface area contributed by atoms with Crippen LogP contribution in [0.1, 0.15) is 16.1 Å². The first-order valence-electron chi connectivity index (χ1n) is 5.61. The van der Waals surface area contributed by atoms with Crippen molar-refractivity contribution in [2.75, 3.05) is 5.32 Å². The number of hydrogen-bond acceptors (Lipinski definition) is 5. The Labute approximate surface area is 113 Å². The third-order valence-corrected chi connectivity index (χ3v) is 3.54. The molecule has 5 nitrogen and oxygen atoms in total. The first-order chi connectivity index (χ1) is 9.13. The summed E-state index contributed by atoms with van der Waals surface area (Å²) in [4.78, 5) is 32.0. The molecule has 0 fully saturated rings. The molecule has 2 aromatic rings. The van der Waals surface area contributed by atoms with Gasteiger partial charge in [-0.2, -0.15) is 0 Å². The van der Waals surface area contributed by atoms with Crippen LogP contribution in [0.3, 0.4) is 0 Å². The normalized spacial score (nSPS) is 13.3. The van der Waals surface area contributed by atoms with Gasteiger partial charge < -0.3 is 5.32 Å². The van der Waals surface area contributed by atoms with E-state index in [0.717, 1.165) is 10.6 Å². The summed E-state index contributed by atoms with van der Waals surface area (Å²) in [6, 6.07) is 7.02. The van der Waals surface area contributed by atoms with E-state index in [2.05, 4.69) is 15.3 Å². The minimum Gasteiger partial charge on any atom is -0.318 e. The molecule has 0 aliphatic carbocycles. The van der Waals surface area contributed by atoms with Gasteiger partial charge in [-0.3, -0.25) is 9.59 Å². The van der Waals surface area contributed by atoms with Gasteiger partial charge in [-0.1, -0.05) is 0 Å². The molecule has 0 atom stereocenters. The van der Waals surface area contributed by atoms with Crippen LogP contribution in [0.25, 0.3) is 0 Å². The number of ketones is 1. The molecule has 6 heteroatoms. The van der Waals surface area contributed by atoms with E-state index in [-0.39, 0.29) is 0 Å². The number of amides is 1. The predicted octanol–water partition coefficient (Wildman–Crippen LogP) is 2.07. The van der Waals surface area contributed by atoms with Crippen LogP contribution in [-0.2, 0) is 4.79 Å². The zero-order chi connectivity index (χ0) is 13.4. The number of aromatic nitrogens is 2. The van der Waals surface area contributed by atoms with Gasteiger partial charge in [-0.05, 0) is 43.0 Å². The van der Waals surface area contributed by atoms with Crippen molar-refractivity contribution in [2.45, 2.75) is 17.0 Å². The van der Waals surface area contributed by atoms with E-state index in [4.69, 9.17) is 0 Å². The van der Waals surface area contributed by atoms with Crippen molar-refractivity contribution in [3.8, 4) is 0 Å². The quantitative estimate of drug-likeness (QED) is 0.668. The number of anilines is 1. The van der Waals surface area contributed by atoms with Crippen LogP contribution in [0.15, 0.2) is 40.5 Å². The number of carbonyl (C=O) groups excluding carboxylic acids is 2. The SMILES string of the molecule is Cc1ccnc(Sc2ccc3c(c2)NC(=O)C3=O)n1. The lowest BCUT2D eigenvalue weighted by molar-refractivity contribution is -0.112. The van der Waals surface area contributed by atoms with Gasteiger partial charge in [-0.15, -0.1) is 0 Å². The van der Waals surface area contributed by atoms with E-state index in [1.807, 2.05) is 13.0 Å². The molecule has 0 bridgehead atoms. The van der Waals surface area contributed by atoms with Gasteiger partial charge in [0, 0.05) is 16.8 Å². The fourth-order valence-electron chi connectivity index (χ4n) is 1.77. The van der Waals surface area contributed by atoms with E-state index in [9.17, 15) is 9.59 Å². The van der Waals surface area contributed by atoms with Crippen molar-refractivity contribution in [3.63, 3.8) is 0 Å². The molecule has 0 unspecified atom stereocenters. The number of fused-ring (bicyclic) bond motifs is 1. The van der Waals surface area contributed by atoms with Gasteiger partial charge in [0.25, 0.3) is 11.7 Å². The molecule has 1 aromatic heterocycles. The summed E-state index contributed by atoms with van der Waals surface area (Å²) < 4.78 is 0. The largest absolute Gasteiger partial charge is 0.318 e. The molecule has 94 valence electrons. The van der Waals surface area contributed by atoms with Crippen LogP contribution in [-0.4, -0.2) is 21.7 Å². The minimum atomic E-state index is -0.580. The third kappa shape index (κ3) is 2.22. The molecular weight excluding hydrogens is 262 g/mol. The highest BCUT2D eigenvalue weighted by Crippen LogP contribution is 2.31. The maximum Gasteiger partial charge on any atom is 0.296 e. The molecule has 0 saturated carbocycles. The Morgan fingerprint density at radius 1 is 1.21 bits per heavy atom. The molecule has 19 heavy (non-hydrogen) atoms. The van der Waals surface area contributed by atoms with Crippen LogP contribution in [0.4, 0.5) is 5.69 Å². The average Bonchev–Trinajstić information content (AvgIpc) is 2.65. The van der Waals surface area contributed by atoms with Gasteiger partial charge in [0.15, 0.2) is 5.16 Å². The van der Waals surface area contributed by atoms with Crippen molar-refractivity contribution in [2.24, 2.45) is 0 Å². The first-order valence-corrected chi connectivity index (χ1v) is 6.42. The van der Waals surface area contributed by atoms with Crippen molar-refractivity contribution >= 4 is 29.1 Å². The Hall–Kier alpha value is -2.21. The molecule has 1 N–H and O–H groups in total. The van der Waals surface area contributed by atoms with E-state index in [1.165, 1.54) is 11.8 Å². The van der Waals surface area contributed by atoms with Crippen molar-refractivity contribution in [1.29, 1.82) is 0 Å². The maximum absolute atomic E-state index is 11.5. The van der Waals surface area contributed by atoms with Crippen molar-refractivity contribution in [1.82, 2.24) is 9.97 Å². The van der Waals surface area contributed by atoms with E-state index in [0.29, 0.717) is 16.4 Å². The molecule has 3 rings (SSSR count). The van der Waals surface area contributed by atoms with E-state index in [1.54, 1.807) is 24.4 Å². The molecule has 0 radical (unpaired) electrons. The molecule has 0 spiro atoms. The molecule has 1 aliphatic heterocycles. The van der Waals surface area contributed by atoms with E-state index >= 15 is 0 Å². The van der Waals surface area contributed by atoms with Crippen LogP contribution in [0.2, 0.25) is 0 Å². The standard InChI is InChI=1S/C13H9N3O2S/c1-7-4-5-14-13(15-7)19-8-2-3-9-10(6-8)16-12(18)11(9)17/h2-6H,1H3,(H,16,17,18). The molecule has 0 saturated heterocycles. The Morgan fingerprint density at radius 2 is 2.05 bits per heavy atom. The number of nitrogens with one attached hydrogen (secondary N) is 1. The summed E-state index contributed by atoms with van der Waals surface area (Å²) in [5.41, 5.74) is 1.86. The summed E-state index contributed by atoms with van der Waals surface area (Å²) in [7, 11) is 0. The van der Waals surface area contributed by atoms with Gasteiger partial charge in [0.05, 0.1) is 11.3 Å². The number of nitrogens with zero attached hydrogens (tertiary/aromatic N) is 2. The second kappa shape index (κ2) is 4.47. The highest BCUT2D eigenvalue weighted by atomic mass is 32.2. The lowest BCUT2D eigenvalue weighted by Gasteiger charge is -2.03. The summed E-state index contributed by atoms with van der Waals surface area (Å²) in [6.45, 7) is 1.90. The lowest BCUT2D eigenvalue weighted by Crippen LogP contribution is -2.12. The fraction of sp³-hybridized carbons (Fsp3) is 0.0769. The number of rotatable bonds is 2. The Bertz CT molecular complexity index is 700. The van der Waals surface area contributed by atoms with Crippen LogP contribution in [0, 0.1) is 6.92 Å². The molecular formula is C13H9N3O2S.